The maximum Gasteiger partial charge on any atom is 0.254 e. The molecular weight excluding hydrogens is 354 g/mol. The first kappa shape index (κ1) is 17.9. The van der Waals surface area contributed by atoms with E-state index in [1.54, 1.807) is 11.6 Å². The Morgan fingerprint density at radius 3 is 2.79 bits per heavy atom. The van der Waals surface area contributed by atoms with E-state index in [2.05, 4.69) is 39.4 Å². The summed E-state index contributed by atoms with van der Waals surface area (Å²) in [5.74, 6) is 2.06. The van der Waals surface area contributed by atoms with Crippen LogP contribution in [-0.2, 0) is 18.0 Å². The summed E-state index contributed by atoms with van der Waals surface area (Å²) in [6.45, 7) is 3.01. The zero-order valence-electron chi connectivity index (χ0n) is 15.8. The molecule has 0 aliphatic carbocycles. The first-order valence-electron chi connectivity index (χ1n) is 8.96. The van der Waals surface area contributed by atoms with E-state index in [-0.39, 0.29) is 0 Å². The van der Waals surface area contributed by atoms with Gasteiger partial charge in [0, 0.05) is 24.9 Å². The van der Waals surface area contributed by atoms with Gasteiger partial charge in [-0.2, -0.15) is 14.6 Å². The molecule has 4 rings (SSSR count). The van der Waals surface area contributed by atoms with Crippen LogP contribution in [-0.4, -0.2) is 26.7 Å². The van der Waals surface area contributed by atoms with Crippen LogP contribution < -0.4 is 10.1 Å². The van der Waals surface area contributed by atoms with Crippen molar-refractivity contribution in [2.75, 3.05) is 12.4 Å². The highest BCUT2D eigenvalue weighted by atomic mass is 16.5. The summed E-state index contributed by atoms with van der Waals surface area (Å²) >= 11 is 0. The molecule has 28 heavy (non-hydrogen) atoms. The summed E-state index contributed by atoms with van der Waals surface area (Å²) in [6.07, 6.45) is 1.48. The van der Waals surface area contributed by atoms with E-state index in [1.165, 1.54) is 17.5 Å². The molecule has 2 aromatic heterocycles. The molecule has 0 saturated heterocycles. The first-order valence-corrected chi connectivity index (χ1v) is 8.96. The van der Waals surface area contributed by atoms with Crippen molar-refractivity contribution in [2.45, 2.75) is 20.1 Å². The number of nitrogens with zero attached hydrogens (tertiary/aromatic N) is 4. The number of anilines is 2. The minimum Gasteiger partial charge on any atom is -0.489 e. The van der Waals surface area contributed by atoms with Crippen LogP contribution >= 0.6 is 0 Å². The van der Waals surface area contributed by atoms with E-state index < -0.39 is 0 Å². The molecule has 7 heteroatoms. The molecule has 2 aromatic carbocycles. The fourth-order valence-corrected chi connectivity index (χ4v) is 2.92. The lowest BCUT2D eigenvalue weighted by Gasteiger charge is -2.12. The van der Waals surface area contributed by atoms with Gasteiger partial charge >= 0.3 is 0 Å². The lowest BCUT2D eigenvalue weighted by atomic mass is 10.1. The van der Waals surface area contributed by atoms with Crippen LogP contribution in [0.4, 0.5) is 11.5 Å². The smallest absolute Gasteiger partial charge is 0.254 e. The zero-order valence-corrected chi connectivity index (χ0v) is 15.8. The minimum atomic E-state index is 0.400. The Kier molecular flexibility index (Phi) is 5.16. The molecule has 7 nitrogen and oxygen atoms in total. The van der Waals surface area contributed by atoms with Gasteiger partial charge in [-0.25, -0.2) is 4.98 Å². The van der Waals surface area contributed by atoms with Crippen LogP contribution in [0.5, 0.6) is 5.75 Å². The standard InChI is InChI=1S/C21H21N5O2/c1-15-6-3-4-7-16(15)12-28-19-9-5-8-17(10-19)24-20-11-18(13-27-2)25-21-22-14-23-26(20)21/h3-11,14,24H,12-13H2,1-2H3. The Bertz CT molecular complexity index is 1090. The molecule has 0 spiro atoms. The van der Waals surface area contributed by atoms with Gasteiger partial charge < -0.3 is 14.8 Å². The Balaban J connectivity index is 1.54. The van der Waals surface area contributed by atoms with Gasteiger partial charge in [0.1, 0.15) is 24.5 Å². The van der Waals surface area contributed by atoms with E-state index >= 15 is 0 Å². The molecule has 0 fully saturated rings. The lowest BCUT2D eigenvalue weighted by Crippen LogP contribution is -2.05. The molecule has 142 valence electrons. The van der Waals surface area contributed by atoms with Crippen LogP contribution in [0.3, 0.4) is 0 Å². The number of fused-ring (bicyclic) bond motifs is 1. The number of aromatic nitrogens is 4. The summed E-state index contributed by atoms with van der Waals surface area (Å²) in [5, 5.41) is 7.60. The molecule has 0 amide bonds. The SMILES string of the molecule is COCc1cc(Nc2cccc(OCc3ccccc3C)c2)n2ncnc2n1. The summed E-state index contributed by atoms with van der Waals surface area (Å²) in [6, 6.07) is 17.9. The highest BCUT2D eigenvalue weighted by Gasteiger charge is 2.09. The number of hydrogen-bond acceptors (Lipinski definition) is 6. The van der Waals surface area contributed by atoms with E-state index in [4.69, 9.17) is 9.47 Å². The van der Waals surface area contributed by atoms with E-state index in [9.17, 15) is 0 Å². The largest absolute Gasteiger partial charge is 0.489 e. The molecule has 1 N–H and O–H groups in total. The third-order valence-electron chi connectivity index (χ3n) is 4.36. The van der Waals surface area contributed by atoms with E-state index in [0.29, 0.717) is 19.0 Å². The second-order valence-electron chi connectivity index (χ2n) is 6.41. The van der Waals surface area contributed by atoms with Gasteiger partial charge in [-0.05, 0) is 30.2 Å². The molecular formula is C21H21N5O2. The molecule has 4 aromatic rings. The third-order valence-corrected chi connectivity index (χ3v) is 4.36. The first-order chi connectivity index (χ1) is 13.7. The number of nitrogens with one attached hydrogen (secondary N) is 1. The van der Waals surface area contributed by atoms with Gasteiger partial charge in [0.05, 0.1) is 12.3 Å². The summed E-state index contributed by atoms with van der Waals surface area (Å²) in [4.78, 5) is 8.59. The number of rotatable bonds is 7. The van der Waals surface area contributed by atoms with Crippen molar-refractivity contribution < 1.29 is 9.47 Å². The quantitative estimate of drug-likeness (QED) is 0.528. The number of hydrogen-bond donors (Lipinski definition) is 1. The van der Waals surface area contributed by atoms with Crippen LogP contribution in [0, 0.1) is 6.92 Å². The number of benzene rings is 2. The Hall–Kier alpha value is -3.45. The van der Waals surface area contributed by atoms with Crippen molar-refractivity contribution in [3.8, 4) is 5.75 Å². The lowest BCUT2D eigenvalue weighted by molar-refractivity contribution is 0.181. The fourth-order valence-electron chi connectivity index (χ4n) is 2.92. The van der Waals surface area contributed by atoms with Crippen molar-refractivity contribution in [1.82, 2.24) is 19.6 Å². The van der Waals surface area contributed by atoms with Crippen LogP contribution in [0.1, 0.15) is 16.8 Å². The monoisotopic (exact) mass is 375 g/mol. The number of aryl methyl sites for hydroxylation is 1. The van der Waals surface area contributed by atoms with Gasteiger partial charge in [0.2, 0.25) is 0 Å². The predicted octanol–water partition coefficient (Wildman–Crippen LogP) is 3.90. The summed E-state index contributed by atoms with van der Waals surface area (Å²) in [5.41, 5.74) is 4.04. The summed E-state index contributed by atoms with van der Waals surface area (Å²) in [7, 11) is 1.64. The van der Waals surface area contributed by atoms with Gasteiger partial charge in [-0.1, -0.05) is 30.3 Å². The highest BCUT2D eigenvalue weighted by molar-refractivity contribution is 5.60. The average molecular weight is 375 g/mol. The van der Waals surface area contributed by atoms with Crippen molar-refractivity contribution in [2.24, 2.45) is 0 Å². The van der Waals surface area contributed by atoms with Crippen LogP contribution in [0.25, 0.3) is 5.78 Å². The van der Waals surface area contributed by atoms with E-state index in [1.807, 2.05) is 42.5 Å². The molecule has 0 aliphatic heterocycles. The van der Waals surface area contributed by atoms with Crippen LogP contribution in [0.2, 0.25) is 0 Å². The van der Waals surface area contributed by atoms with Gasteiger partial charge in [-0.15, -0.1) is 0 Å². The zero-order chi connectivity index (χ0) is 19.3. The fraction of sp³-hybridized carbons (Fsp3) is 0.190. The van der Waals surface area contributed by atoms with Gasteiger partial charge in [-0.3, -0.25) is 0 Å². The van der Waals surface area contributed by atoms with Crippen molar-refractivity contribution in [1.29, 1.82) is 0 Å². The molecule has 0 atom stereocenters. The topological polar surface area (TPSA) is 73.6 Å². The molecule has 2 heterocycles. The maximum atomic E-state index is 5.98. The Morgan fingerprint density at radius 1 is 1.04 bits per heavy atom. The molecule has 0 aliphatic rings. The Labute approximate surface area is 163 Å². The highest BCUT2D eigenvalue weighted by Crippen LogP contribution is 2.23. The van der Waals surface area contributed by atoms with Crippen LogP contribution in [0.15, 0.2) is 60.9 Å². The second kappa shape index (κ2) is 8.06. The number of ether oxygens (including phenoxy) is 2. The molecule has 0 bridgehead atoms. The summed E-state index contributed by atoms with van der Waals surface area (Å²) < 4.78 is 12.8. The van der Waals surface area contributed by atoms with Crippen molar-refractivity contribution >= 4 is 17.3 Å². The minimum absolute atomic E-state index is 0.400. The van der Waals surface area contributed by atoms with Gasteiger partial charge in [0.25, 0.3) is 5.78 Å². The van der Waals surface area contributed by atoms with E-state index in [0.717, 1.165) is 22.9 Å². The molecule has 0 radical (unpaired) electrons. The van der Waals surface area contributed by atoms with Crippen molar-refractivity contribution in [3.05, 3.63) is 77.7 Å². The molecule has 0 unspecified atom stereocenters. The normalized spacial score (nSPS) is 10.9. The maximum absolute atomic E-state index is 5.98. The van der Waals surface area contributed by atoms with Gasteiger partial charge in [0.15, 0.2) is 0 Å². The average Bonchev–Trinajstić information content (AvgIpc) is 3.17. The van der Waals surface area contributed by atoms with Crippen molar-refractivity contribution in [3.63, 3.8) is 0 Å². The number of methoxy groups -OCH3 is 1. The second-order valence-corrected chi connectivity index (χ2v) is 6.41. The Morgan fingerprint density at radius 2 is 1.93 bits per heavy atom. The predicted molar refractivity (Wildman–Crippen MR) is 107 cm³/mol. The molecule has 0 saturated carbocycles. The third kappa shape index (κ3) is 3.94.